The van der Waals surface area contributed by atoms with E-state index in [0.717, 1.165) is 28.4 Å². The van der Waals surface area contributed by atoms with E-state index in [-0.39, 0.29) is 0 Å². The predicted octanol–water partition coefficient (Wildman–Crippen LogP) is 8.10. The third-order valence-electron chi connectivity index (χ3n) is 6.15. The zero-order valence-corrected chi connectivity index (χ0v) is 19.6. The van der Waals surface area contributed by atoms with E-state index in [9.17, 15) is 0 Å². The molecule has 0 amide bonds. The molecule has 1 heterocycles. The van der Waals surface area contributed by atoms with Crippen LogP contribution in [0.2, 0.25) is 0 Å². The second-order valence-corrected chi connectivity index (χ2v) is 9.48. The first-order chi connectivity index (χ1) is 14.4. The highest BCUT2D eigenvalue weighted by Crippen LogP contribution is 2.44. The summed E-state index contributed by atoms with van der Waals surface area (Å²) in [4.78, 5) is 4.56. The van der Waals surface area contributed by atoms with Gasteiger partial charge in [0.1, 0.15) is 0 Å². The summed E-state index contributed by atoms with van der Waals surface area (Å²) in [6.45, 7) is 9.29. The molecule has 0 N–H and O–H groups in total. The van der Waals surface area contributed by atoms with Crippen LogP contribution in [0.4, 0.5) is 0 Å². The summed E-state index contributed by atoms with van der Waals surface area (Å²) in [7, 11) is 0. The van der Waals surface area contributed by atoms with Crippen molar-refractivity contribution < 1.29 is 4.52 Å². The van der Waals surface area contributed by atoms with Crippen LogP contribution in [-0.4, -0.2) is 10.1 Å². The molecule has 4 heteroatoms. The van der Waals surface area contributed by atoms with Crippen molar-refractivity contribution >= 4 is 22.0 Å². The van der Waals surface area contributed by atoms with Gasteiger partial charge in [-0.05, 0) is 84.7 Å². The van der Waals surface area contributed by atoms with Crippen LogP contribution in [0.1, 0.15) is 52.5 Å². The zero-order valence-electron chi connectivity index (χ0n) is 18.0. The summed E-state index contributed by atoms with van der Waals surface area (Å²) in [5.74, 6) is 1.14. The van der Waals surface area contributed by atoms with Crippen LogP contribution in [0.25, 0.3) is 28.9 Å². The predicted molar refractivity (Wildman–Crippen MR) is 127 cm³/mol. The van der Waals surface area contributed by atoms with Gasteiger partial charge in [-0.1, -0.05) is 65.6 Å². The van der Waals surface area contributed by atoms with Crippen molar-refractivity contribution in [3.8, 4) is 22.8 Å². The number of rotatable bonds is 4. The average molecular weight is 463 g/mol. The van der Waals surface area contributed by atoms with Gasteiger partial charge in [0.05, 0.1) is 0 Å². The number of hydrogen-bond donors (Lipinski definition) is 0. The first-order valence-electron chi connectivity index (χ1n) is 10.5. The van der Waals surface area contributed by atoms with E-state index in [1.807, 2.05) is 24.3 Å². The maximum Gasteiger partial charge on any atom is 0.258 e. The van der Waals surface area contributed by atoms with Gasteiger partial charge in [-0.25, -0.2) is 0 Å². The summed E-state index contributed by atoms with van der Waals surface area (Å²) < 4.78 is 6.52. The number of hydrogen-bond acceptors (Lipinski definition) is 3. The molecule has 0 unspecified atom stereocenters. The highest BCUT2D eigenvalue weighted by Gasteiger charge is 2.29. The molecule has 0 saturated heterocycles. The average Bonchev–Trinajstić information content (AvgIpc) is 3.22. The minimum atomic E-state index is 0.310. The Labute approximate surface area is 187 Å². The molecular formula is C26H27BrN2O. The molecule has 0 bridgehead atoms. The lowest BCUT2D eigenvalue weighted by Crippen LogP contribution is -2.21. The molecule has 1 aliphatic carbocycles. The van der Waals surface area contributed by atoms with Crippen molar-refractivity contribution in [2.45, 2.75) is 47.0 Å². The molecule has 3 aromatic rings. The Bertz CT molecular complexity index is 1100. The Morgan fingerprint density at radius 1 is 1.03 bits per heavy atom. The van der Waals surface area contributed by atoms with Gasteiger partial charge in [0, 0.05) is 15.6 Å². The maximum atomic E-state index is 5.50. The Morgan fingerprint density at radius 3 is 2.37 bits per heavy atom. The number of halogens is 1. The normalized spacial score (nSPS) is 17.6. The lowest BCUT2D eigenvalue weighted by Gasteiger charge is -2.35. The van der Waals surface area contributed by atoms with Gasteiger partial charge in [0.25, 0.3) is 5.89 Å². The van der Waals surface area contributed by atoms with E-state index >= 15 is 0 Å². The first kappa shape index (κ1) is 20.8. The minimum Gasteiger partial charge on any atom is -0.334 e. The molecule has 1 aliphatic rings. The minimum absolute atomic E-state index is 0.310. The van der Waals surface area contributed by atoms with Gasteiger partial charge in [0.2, 0.25) is 5.82 Å². The number of benzene rings is 2. The van der Waals surface area contributed by atoms with E-state index in [1.54, 1.807) is 5.57 Å². The molecule has 4 rings (SSSR count). The molecule has 0 aliphatic heterocycles. The van der Waals surface area contributed by atoms with E-state index in [1.165, 1.54) is 23.1 Å². The summed E-state index contributed by atoms with van der Waals surface area (Å²) in [6, 6.07) is 16.3. The van der Waals surface area contributed by atoms with Crippen LogP contribution in [0.15, 0.2) is 74.2 Å². The van der Waals surface area contributed by atoms with Crippen molar-refractivity contribution in [2.75, 3.05) is 0 Å². The summed E-state index contributed by atoms with van der Waals surface area (Å²) >= 11 is 3.45. The highest BCUT2D eigenvalue weighted by molar-refractivity contribution is 9.10. The smallest absolute Gasteiger partial charge is 0.258 e. The third kappa shape index (κ3) is 4.20. The molecular weight excluding hydrogens is 436 g/mol. The topological polar surface area (TPSA) is 38.9 Å². The van der Waals surface area contributed by atoms with Crippen LogP contribution in [0.5, 0.6) is 0 Å². The number of allylic oxidation sites excluding steroid dienone is 3. The molecule has 1 aromatic heterocycles. The first-order valence-corrected chi connectivity index (χ1v) is 11.3. The second kappa shape index (κ2) is 8.35. The third-order valence-corrected chi connectivity index (χ3v) is 6.68. The molecule has 3 nitrogen and oxygen atoms in total. The Morgan fingerprint density at radius 2 is 1.70 bits per heavy atom. The fraction of sp³-hybridized carbons (Fsp3) is 0.308. The highest BCUT2D eigenvalue weighted by atomic mass is 79.9. The van der Waals surface area contributed by atoms with Crippen LogP contribution in [0.3, 0.4) is 0 Å². The van der Waals surface area contributed by atoms with Crippen LogP contribution in [0, 0.1) is 5.41 Å². The fourth-order valence-corrected chi connectivity index (χ4v) is 4.66. The largest absolute Gasteiger partial charge is 0.334 e. The van der Waals surface area contributed by atoms with E-state index in [4.69, 9.17) is 4.52 Å². The standard InChI is InChI=1S/C26H27BrN2O/c1-5-23-17(2)21(14-15-26(23,3)4)16-18-6-8-20(9-7-18)25-28-24(29-30-25)19-10-12-22(27)13-11-19/h6-13,16H,5,14-15H2,1-4H3/b21-16+. The molecule has 0 fully saturated rings. The zero-order chi connectivity index (χ0) is 21.3. The van der Waals surface area contributed by atoms with Crippen molar-refractivity contribution in [3.63, 3.8) is 0 Å². The summed E-state index contributed by atoms with van der Waals surface area (Å²) in [6.07, 6.45) is 5.78. The van der Waals surface area contributed by atoms with Crippen LogP contribution < -0.4 is 0 Å². The monoisotopic (exact) mass is 462 g/mol. The molecule has 154 valence electrons. The van der Waals surface area contributed by atoms with Gasteiger partial charge >= 0.3 is 0 Å². The van der Waals surface area contributed by atoms with Crippen molar-refractivity contribution in [1.29, 1.82) is 0 Å². The Hall–Kier alpha value is -2.46. The lowest BCUT2D eigenvalue weighted by atomic mass is 9.70. The summed E-state index contributed by atoms with van der Waals surface area (Å²) in [5, 5.41) is 4.13. The van der Waals surface area contributed by atoms with Gasteiger partial charge in [-0.3, -0.25) is 0 Å². The van der Waals surface area contributed by atoms with E-state index in [0.29, 0.717) is 17.1 Å². The van der Waals surface area contributed by atoms with Gasteiger partial charge in [0.15, 0.2) is 0 Å². The number of nitrogens with zero attached hydrogens (tertiary/aromatic N) is 2. The molecule has 0 atom stereocenters. The quantitative estimate of drug-likeness (QED) is 0.392. The molecule has 0 radical (unpaired) electrons. The van der Waals surface area contributed by atoms with Gasteiger partial charge < -0.3 is 4.52 Å². The molecule has 0 saturated carbocycles. The van der Waals surface area contributed by atoms with Crippen LogP contribution in [-0.2, 0) is 0 Å². The summed E-state index contributed by atoms with van der Waals surface area (Å²) in [5.41, 5.74) is 7.88. The lowest BCUT2D eigenvalue weighted by molar-refractivity contribution is 0.381. The number of aromatic nitrogens is 2. The molecule has 2 aromatic carbocycles. The van der Waals surface area contributed by atoms with E-state index in [2.05, 4.69) is 84.1 Å². The van der Waals surface area contributed by atoms with Crippen LogP contribution >= 0.6 is 15.9 Å². The molecule has 30 heavy (non-hydrogen) atoms. The Kier molecular flexibility index (Phi) is 5.79. The van der Waals surface area contributed by atoms with Crippen molar-refractivity contribution in [3.05, 3.63) is 75.3 Å². The Balaban J connectivity index is 1.57. The van der Waals surface area contributed by atoms with Crippen molar-refractivity contribution in [2.24, 2.45) is 5.41 Å². The SMILES string of the molecule is CCC1=C(C)/C(=C/c2ccc(-c3nc(-c4ccc(Br)cc4)no3)cc2)CCC1(C)C. The van der Waals surface area contributed by atoms with E-state index < -0.39 is 0 Å². The van der Waals surface area contributed by atoms with Gasteiger partial charge in [-0.15, -0.1) is 0 Å². The van der Waals surface area contributed by atoms with Crippen molar-refractivity contribution in [1.82, 2.24) is 10.1 Å². The fourth-order valence-electron chi connectivity index (χ4n) is 4.39. The second-order valence-electron chi connectivity index (χ2n) is 8.56. The van der Waals surface area contributed by atoms with Gasteiger partial charge in [-0.2, -0.15) is 4.98 Å². The molecule has 0 spiro atoms. The maximum absolute atomic E-state index is 5.50.